The maximum absolute atomic E-state index is 11.6. The predicted molar refractivity (Wildman–Crippen MR) is 113 cm³/mol. The second kappa shape index (κ2) is 8.29. The summed E-state index contributed by atoms with van der Waals surface area (Å²) in [5.74, 6) is -0.149. The Morgan fingerprint density at radius 2 is 2.00 bits per heavy atom. The molecular weight excluding hydrogens is 372 g/mol. The molecule has 146 valence electrons. The molecule has 0 amide bonds. The highest BCUT2D eigenvalue weighted by Crippen LogP contribution is 2.40. The molecule has 4 rings (SSSR count). The average Bonchev–Trinajstić information content (AvgIpc) is 3.37. The van der Waals surface area contributed by atoms with E-state index in [4.69, 9.17) is 4.74 Å². The van der Waals surface area contributed by atoms with Crippen LogP contribution in [0.15, 0.2) is 36.4 Å². The van der Waals surface area contributed by atoms with Crippen LogP contribution in [0.1, 0.15) is 35.1 Å². The van der Waals surface area contributed by atoms with E-state index in [0.717, 1.165) is 41.7 Å². The van der Waals surface area contributed by atoms with E-state index in [1.165, 1.54) is 24.2 Å². The summed E-state index contributed by atoms with van der Waals surface area (Å²) < 4.78 is 6.18. The quantitative estimate of drug-likeness (QED) is 0.627. The zero-order chi connectivity index (χ0) is 19.5. The normalized spacial score (nSPS) is 14.6. The molecule has 0 bridgehead atoms. The van der Waals surface area contributed by atoms with Crippen molar-refractivity contribution in [2.75, 3.05) is 26.2 Å². The lowest BCUT2D eigenvalue weighted by Gasteiger charge is -2.17. The Kier molecular flexibility index (Phi) is 5.59. The number of nitrogens with zero attached hydrogens (tertiary/aromatic N) is 2. The van der Waals surface area contributed by atoms with Gasteiger partial charge >= 0.3 is 5.97 Å². The number of aromatic nitrogens is 1. The van der Waals surface area contributed by atoms with Crippen LogP contribution in [0.2, 0.25) is 0 Å². The number of fused-ring (bicyclic) bond motifs is 1. The summed E-state index contributed by atoms with van der Waals surface area (Å²) in [5.41, 5.74) is 1.52. The Bertz CT molecular complexity index is 993. The number of carboxylic acid groups (broad SMARTS) is 1. The number of aromatic carboxylic acids is 1. The van der Waals surface area contributed by atoms with Gasteiger partial charge in [-0.25, -0.2) is 9.78 Å². The molecule has 2 heterocycles. The zero-order valence-corrected chi connectivity index (χ0v) is 16.8. The van der Waals surface area contributed by atoms with E-state index in [9.17, 15) is 9.90 Å². The molecule has 0 unspecified atom stereocenters. The van der Waals surface area contributed by atoms with Gasteiger partial charge in [0, 0.05) is 6.54 Å². The summed E-state index contributed by atoms with van der Waals surface area (Å²) in [5, 5.41) is 12.4. The minimum atomic E-state index is -0.919. The van der Waals surface area contributed by atoms with Crippen LogP contribution in [0.4, 0.5) is 0 Å². The molecule has 0 aliphatic carbocycles. The number of aryl methyl sites for hydroxylation is 1. The van der Waals surface area contributed by atoms with Gasteiger partial charge in [0.15, 0.2) is 0 Å². The molecular formula is C22H24N2O3S. The van der Waals surface area contributed by atoms with E-state index in [1.807, 2.05) is 31.2 Å². The van der Waals surface area contributed by atoms with Crippen molar-refractivity contribution in [3.8, 4) is 16.3 Å². The van der Waals surface area contributed by atoms with E-state index < -0.39 is 5.97 Å². The Balaban J connectivity index is 1.72. The van der Waals surface area contributed by atoms with Crippen molar-refractivity contribution in [2.24, 2.45) is 0 Å². The summed E-state index contributed by atoms with van der Waals surface area (Å²) in [6.45, 7) is 5.74. The third kappa shape index (κ3) is 3.75. The number of benzene rings is 2. The van der Waals surface area contributed by atoms with Crippen molar-refractivity contribution < 1.29 is 14.6 Å². The Morgan fingerprint density at radius 3 is 2.71 bits per heavy atom. The van der Waals surface area contributed by atoms with Crippen LogP contribution >= 0.6 is 11.3 Å². The van der Waals surface area contributed by atoms with Crippen molar-refractivity contribution in [1.29, 1.82) is 0 Å². The fourth-order valence-electron chi connectivity index (χ4n) is 3.75. The number of thiazole rings is 1. The Morgan fingerprint density at radius 1 is 1.21 bits per heavy atom. The van der Waals surface area contributed by atoms with E-state index in [-0.39, 0.29) is 0 Å². The topological polar surface area (TPSA) is 62.7 Å². The standard InChI is InChI=1S/C22H24N2O3S/c1-2-17-20(22(25)26)28-21(23-17)19-16-8-4-3-7-15(16)9-10-18(19)27-14-13-24-11-5-6-12-24/h3-4,7-10H,2,5-6,11-14H2,1H3,(H,25,26). The molecule has 2 aromatic carbocycles. The third-order valence-electron chi connectivity index (χ3n) is 5.19. The summed E-state index contributed by atoms with van der Waals surface area (Å²) >= 11 is 1.23. The van der Waals surface area contributed by atoms with E-state index in [0.29, 0.717) is 28.6 Å². The molecule has 1 aliphatic heterocycles. The largest absolute Gasteiger partial charge is 0.491 e. The van der Waals surface area contributed by atoms with Crippen molar-refractivity contribution in [1.82, 2.24) is 9.88 Å². The molecule has 1 aliphatic rings. The first-order valence-corrected chi connectivity index (χ1v) is 10.6. The van der Waals surface area contributed by atoms with Crippen LogP contribution in [-0.4, -0.2) is 47.2 Å². The number of carbonyl (C=O) groups is 1. The minimum Gasteiger partial charge on any atom is -0.491 e. The maximum atomic E-state index is 11.6. The SMILES string of the molecule is CCc1nc(-c2c(OCCN3CCCC3)ccc3ccccc23)sc1C(=O)O. The van der Waals surface area contributed by atoms with Crippen molar-refractivity contribution in [3.63, 3.8) is 0 Å². The number of hydrogen-bond acceptors (Lipinski definition) is 5. The second-order valence-corrected chi connectivity index (χ2v) is 8.01. The highest BCUT2D eigenvalue weighted by Gasteiger charge is 2.21. The number of carboxylic acids is 1. The maximum Gasteiger partial charge on any atom is 0.347 e. The highest BCUT2D eigenvalue weighted by atomic mass is 32.1. The van der Waals surface area contributed by atoms with Crippen molar-refractivity contribution in [3.05, 3.63) is 47.0 Å². The van der Waals surface area contributed by atoms with Crippen molar-refractivity contribution >= 4 is 28.1 Å². The highest BCUT2D eigenvalue weighted by molar-refractivity contribution is 7.17. The zero-order valence-electron chi connectivity index (χ0n) is 16.0. The lowest BCUT2D eigenvalue weighted by molar-refractivity contribution is 0.0701. The van der Waals surface area contributed by atoms with Gasteiger partial charge in [0.25, 0.3) is 0 Å². The predicted octanol–water partition coefficient (Wildman–Crippen LogP) is 4.70. The first-order chi connectivity index (χ1) is 13.7. The van der Waals surface area contributed by atoms with Crippen molar-refractivity contribution in [2.45, 2.75) is 26.2 Å². The average molecular weight is 397 g/mol. The minimum absolute atomic E-state index is 0.313. The van der Waals surface area contributed by atoms with Gasteiger partial charge in [-0.3, -0.25) is 4.90 Å². The monoisotopic (exact) mass is 396 g/mol. The summed E-state index contributed by atoms with van der Waals surface area (Å²) in [6, 6.07) is 12.1. The Hall–Kier alpha value is -2.44. The van der Waals surface area contributed by atoms with Crippen LogP contribution in [0.25, 0.3) is 21.3 Å². The molecule has 0 radical (unpaired) electrons. The Labute approximate surface area is 168 Å². The van der Waals surface area contributed by atoms with Crippen LogP contribution in [-0.2, 0) is 6.42 Å². The summed E-state index contributed by atoms with van der Waals surface area (Å²) in [7, 11) is 0. The first kappa shape index (κ1) is 18.9. The van der Waals surface area contributed by atoms with Crippen LogP contribution in [0.3, 0.4) is 0 Å². The number of rotatable bonds is 7. The molecule has 3 aromatic rings. The molecule has 0 saturated carbocycles. The van der Waals surface area contributed by atoms with Gasteiger partial charge in [-0.1, -0.05) is 37.3 Å². The van der Waals surface area contributed by atoms with Crippen LogP contribution in [0.5, 0.6) is 5.75 Å². The third-order valence-corrected chi connectivity index (χ3v) is 6.30. The lowest BCUT2D eigenvalue weighted by atomic mass is 10.0. The van der Waals surface area contributed by atoms with Crippen LogP contribution < -0.4 is 4.74 Å². The molecule has 0 spiro atoms. The summed E-state index contributed by atoms with van der Waals surface area (Å²) in [6.07, 6.45) is 3.12. The molecule has 5 nitrogen and oxygen atoms in total. The van der Waals surface area contributed by atoms with E-state index in [1.54, 1.807) is 0 Å². The summed E-state index contributed by atoms with van der Waals surface area (Å²) in [4.78, 5) is 19.0. The van der Waals surface area contributed by atoms with Gasteiger partial charge < -0.3 is 9.84 Å². The van der Waals surface area contributed by atoms with Gasteiger partial charge in [0.1, 0.15) is 22.2 Å². The molecule has 1 N–H and O–H groups in total. The van der Waals surface area contributed by atoms with Crippen LogP contribution in [0, 0.1) is 0 Å². The number of ether oxygens (including phenoxy) is 1. The first-order valence-electron chi connectivity index (χ1n) is 9.77. The molecule has 0 atom stereocenters. The molecule has 1 fully saturated rings. The molecule has 1 aromatic heterocycles. The van der Waals surface area contributed by atoms with Gasteiger partial charge in [0.05, 0.1) is 11.3 Å². The lowest BCUT2D eigenvalue weighted by Crippen LogP contribution is -2.25. The second-order valence-electron chi connectivity index (χ2n) is 7.01. The smallest absolute Gasteiger partial charge is 0.347 e. The van der Waals surface area contributed by atoms with Gasteiger partial charge in [-0.05, 0) is 49.2 Å². The van der Waals surface area contributed by atoms with Gasteiger partial charge in [-0.15, -0.1) is 11.3 Å². The van der Waals surface area contributed by atoms with E-state index >= 15 is 0 Å². The molecule has 28 heavy (non-hydrogen) atoms. The molecule has 1 saturated heterocycles. The number of likely N-dealkylation sites (tertiary alicyclic amines) is 1. The van der Waals surface area contributed by atoms with Gasteiger partial charge in [0.2, 0.25) is 0 Å². The van der Waals surface area contributed by atoms with E-state index in [2.05, 4.69) is 22.0 Å². The van der Waals surface area contributed by atoms with Gasteiger partial charge in [-0.2, -0.15) is 0 Å². The fraction of sp³-hybridized carbons (Fsp3) is 0.364. The fourth-order valence-corrected chi connectivity index (χ4v) is 4.81. The molecule has 6 heteroatoms. The number of hydrogen-bond donors (Lipinski definition) is 1.